The average Bonchev–Trinajstić information content (AvgIpc) is 2.42. The van der Waals surface area contributed by atoms with Crippen LogP contribution in [0.4, 0.5) is 14.4 Å². The Balaban J connectivity index is 0. The average molecular weight is 830 g/mol. The summed E-state index contributed by atoms with van der Waals surface area (Å²) in [6.45, 7) is 1.65. The van der Waals surface area contributed by atoms with E-state index in [1.807, 2.05) is 19.3 Å². The smallest absolute Gasteiger partial charge is 0.278 e. The van der Waals surface area contributed by atoms with E-state index >= 15 is 0 Å². The molecule has 0 aromatic rings. The molecule has 0 saturated heterocycles. The first-order valence-corrected chi connectivity index (χ1v) is 9.90. The van der Waals surface area contributed by atoms with Crippen LogP contribution in [-0.4, -0.2) is 31.4 Å². The standard InChI is InChI=1S/C13H19I3N3O3.W/c14-11(20)17-7-1-4-10(5-2-8-18-12(15)21)6-3-9-19-13(16)22;/h1-3,10H,4-9H2,(H,17,20)(H,18,21)(H,19,22);/q-3;. The summed E-state index contributed by atoms with van der Waals surface area (Å²) < 4.78 is -0.214. The van der Waals surface area contributed by atoms with Gasteiger partial charge >= 0.3 is 0 Å². The minimum atomic E-state index is -0.0713. The number of halogens is 3. The number of nitrogens with one attached hydrogen (secondary N) is 3. The van der Waals surface area contributed by atoms with Gasteiger partial charge in [0.25, 0.3) is 11.7 Å². The summed E-state index contributed by atoms with van der Waals surface area (Å²) in [5.41, 5.74) is 0. The summed E-state index contributed by atoms with van der Waals surface area (Å²) in [5, 5.41) is 8.16. The summed E-state index contributed by atoms with van der Waals surface area (Å²) in [6.07, 6.45) is 8.70. The maximum atomic E-state index is 10.8. The van der Waals surface area contributed by atoms with Crippen LogP contribution in [0.2, 0.25) is 0 Å². The fraction of sp³-hybridized carbons (Fsp3) is 0.538. The van der Waals surface area contributed by atoms with E-state index in [1.54, 1.807) is 67.8 Å². The van der Waals surface area contributed by atoms with Crippen molar-refractivity contribution >= 4 is 79.5 Å². The predicted molar refractivity (Wildman–Crippen MR) is 112 cm³/mol. The van der Waals surface area contributed by atoms with E-state index in [4.69, 9.17) is 0 Å². The molecule has 0 heterocycles. The zero-order valence-corrected chi connectivity index (χ0v) is 21.7. The Bertz CT molecular complexity index is 310. The fourth-order valence-corrected chi connectivity index (χ4v) is 2.36. The monoisotopic (exact) mass is 830 g/mol. The third kappa shape index (κ3) is 21.2. The molecule has 0 aromatic carbocycles. The molecule has 0 radical (unpaired) electrons. The van der Waals surface area contributed by atoms with E-state index in [-0.39, 0.29) is 32.8 Å². The molecule has 0 saturated carbocycles. The number of rotatable bonds is 12. The van der Waals surface area contributed by atoms with Crippen LogP contribution in [0.15, 0.2) is 0 Å². The first-order valence-electron chi connectivity index (χ1n) is 6.66. The minimum absolute atomic E-state index is 0. The van der Waals surface area contributed by atoms with Crippen LogP contribution in [0.5, 0.6) is 0 Å². The molecule has 3 N–H and O–H groups in total. The minimum Gasteiger partial charge on any atom is -0.377 e. The molecular weight excluding hydrogens is 811 g/mol. The molecule has 0 bridgehead atoms. The first-order chi connectivity index (χ1) is 10.4. The number of amides is 3. The number of hydrogen-bond acceptors (Lipinski definition) is 3. The fourth-order valence-electron chi connectivity index (χ4n) is 1.70. The molecule has 23 heavy (non-hydrogen) atoms. The second-order valence-electron chi connectivity index (χ2n) is 4.40. The van der Waals surface area contributed by atoms with E-state index in [1.165, 1.54) is 0 Å². The Kier molecular flexibility index (Phi) is 20.9. The Hall–Kier alpha value is 1.29. The second kappa shape index (κ2) is 18.1. The molecule has 0 aromatic heterocycles. The molecule has 3 amide bonds. The molecule has 0 rings (SSSR count). The maximum absolute atomic E-state index is 10.8. The molecule has 0 aliphatic heterocycles. The van der Waals surface area contributed by atoms with Gasteiger partial charge < -0.3 is 35.2 Å². The van der Waals surface area contributed by atoms with E-state index in [9.17, 15) is 14.4 Å². The Morgan fingerprint density at radius 3 is 1.17 bits per heavy atom. The van der Waals surface area contributed by atoms with Gasteiger partial charge in [0.05, 0.1) is 0 Å². The molecule has 0 aliphatic rings. The van der Waals surface area contributed by atoms with Crippen LogP contribution in [0.3, 0.4) is 0 Å². The van der Waals surface area contributed by atoms with Crippen molar-refractivity contribution in [2.24, 2.45) is 5.92 Å². The normalized spacial score (nSPS) is 9.91. The van der Waals surface area contributed by atoms with Crippen molar-refractivity contribution in [2.75, 3.05) is 19.6 Å². The Labute approximate surface area is 192 Å². The summed E-state index contributed by atoms with van der Waals surface area (Å²) in [5.74, 6) is 0.392. The topological polar surface area (TPSA) is 87.3 Å². The number of hydrogen-bond donors (Lipinski definition) is 3. The molecule has 0 unspecified atom stereocenters. The largest absolute Gasteiger partial charge is 0.377 e. The van der Waals surface area contributed by atoms with Crippen LogP contribution in [0, 0.1) is 25.2 Å². The molecule has 6 nitrogen and oxygen atoms in total. The van der Waals surface area contributed by atoms with Crippen molar-refractivity contribution in [3.05, 3.63) is 19.3 Å². The van der Waals surface area contributed by atoms with Crippen molar-refractivity contribution < 1.29 is 35.4 Å². The van der Waals surface area contributed by atoms with Crippen LogP contribution in [0.25, 0.3) is 0 Å². The van der Waals surface area contributed by atoms with E-state index in [0.29, 0.717) is 25.6 Å². The quantitative estimate of drug-likeness (QED) is 0.0921. The van der Waals surface area contributed by atoms with Crippen molar-refractivity contribution in [2.45, 2.75) is 19.3 Å². The van der Waals surface area contributed by atoms with Crippen LogP contribution >= 0.6 is 67.8 Å². The molecule has 0 spiro atoms. The zero-order valence-electron chi connectivity index (χ0n) is 12.3. The molecular formula is C13H19I3N3O3W-3. The van der Waals surface area contributed by atoms with Crippen LogP contribution < -0.4 is 16.0 Å². The van der Waals surface area contributed by atoms with Gasteiger partial charge in [0, 0.05) is 88.8 Å². The van der Waals surface area contributed by atoms with Gasteiger partial charge in [0.2, 0.25) is 0 Å². The van der Waals surface area contributed by atoms with E-state index in [2.05, 4.69) is 16.0 Å². The first kappa shape index (κ1) is 26.5. The maximum Gasteiger partial charge on any atom is 0.278 e. The van der Waals surface area contributed by atoms with Crippen molar-refractivity contribution in [3.8, 4) is 0 Å². The van der Waals surface area contributed by atoms with Gasteiger partial charge in [-0.05, 0) is 0 Å². The van der Waals surface area contributed by atoms with Crippen LogP contribution in [0.1, 0.15) is 19.3 Å². The van der Waals surface area contributed by atoms with Gasteiger partial charge in [0.1, 0.15) is 0 Å². The van der Waals surface area contributed by atoms with Crippen molar-refractivity contribution in [1.29, 1.82) is 0 Å². The van der Waals surface area contributed by atoms with Gasteiger partial charge in [-0.15, -0.1) is 25.6 Å². The van der Waals surface area contributed by atoms with Gasteiger partial charge in [-0.2, -0.15) is 19.3 Å². The molecule has 10 heteroatoms. The van der Waals surface area contributed by atoms with E-state index in [0.717, 1.165) is 19.3 Å². The summed E-state index contributed by atoms with van der Waals surface area (Å²) in [6, 6.07) is 0. The van der Waals surface area contributed by atoms with Gasteiger partial charge in [0.15, 0.2) is 0 Å². The number of carbonyl (C=O) groups is 3. The van der Waals surface area contributed by atoms with Gasteiger partial charge in [-0.3, -0.25) is 14.4 Å². The van der Waals surface area contributed by atoms with Crippen molar-refractivity contribution in [3.63, 3.8) is 0 Å². The summed E-state index contributed by atoms with van der Waals surface area (Å²) in [7, 11) is 0. The van der Waals surface area contributed by atoms with Gasteiger partial charge in [-0.1, -0.05) is 0 Å². The van der Waals surface area contributed by atoms with Crippen LogP contribution in [-0.2, 0) is 21.1 Å². The molecule has 0 atom stereocenters. The third-order valence-electron chi connectivity index (χ3n) is 2.66. The second-order valence-corrected chi connectivity index (χ2v) is 7.34. The van der Waals surface area contributed by atoms with E-state index < -0.39 is 0 Å². The summed E-state index contributed by atoms with van der Waals surface area (Å²) in [4.78, 5) is 32.4. The van der Waals surface area contributed by atoms with Crippen molar-refractivity contribution in [1.82, 2.24) is 16.0 Å². The Morgan fingerprint density at radius 1 is 0.696 bits per heavy atom. The summed E-state index contributed by atoms with van der Waals surface area (Å²) >= 11 is 5.11. The van der Waals surface area contributed by atoms with Gasteiger partial charge in [-0.25, -0.2) is 0 Å². The number of carbonyl (C=O) groups excluding carboxylic acids is 3. The Morgan fingerprint density at radius 2 is 0.957 bits per heavy atom. The zero-order chi connectivity index (χ0) is 16.8. The SMILES string of the molecule is O=C(I)NC[CH-]CC(C[CH-]CNC(=O)I)C[CH-]CNC(=O)I.[W]. The molecule has 134 valence electrons. The predicted octanol–water partition coefficient (Wildman–Crippen LogP) is 3.82. The third-order valence-corrected chi connectivity index (χ3v) is 3.80. The molecule has 0 fully saturated rings. The molecule has 0 aliphatic carbocycles.